The Kier molecular flexibility index (Phi) is 9.81. The van der Waals surface area contributed by atoms with Crippen molar-refractivity contribution in [1.29, 1.82) is 0 Å². The van der Waals surface area contributed by atoms with Crippen LogP contribution in [0, 0.1) is 0 Å². The summed E-state index contributed by atoms with van der Waals surface area (Å²) in [6.07, 6.45) is -1.08. The zero-order valence-corrected chi connectivity index (χ0v) is 21.5. The molecule has 0 aliphatic heterocycles. The first kappa shape index (κ1) is 28.0. The third-order valence-corrected chi connectivity index (χ3v) is 7.37. The Morgan fingerprint density at radius 3 is 2.22 bits per heavy atom. The first-order chi connectivity index (χ1) is 17.2. The molecule has 7 nitrogen and oxygen atoms in total. The number of hydrogen-bond donors (Lipinski definition) is 1. The largest absolute Gasteiger partial charge is 0.490 e. The number of nitrogens with zero attached hydrogens (tertiary/aromatic N) is 2. The number of alkyl halides is 3. The van der Waals surface area contributed by atoms with Crippen LogP contribution in [0.25, 0.3) is 16.9 Å². The molecule has 1 heterocycles. The lowest BCUT2D eigenvalue weighted by molar-refractivity contribution is -0.141. The molecule has 0 saturated carbocycles. The summed E-state index contributed by atoms with van der Waals surface area (Å²) < 4.78 is 70.0. The van der Waals surface area contributed by atoms with Gasteiger partial charge in [0.2, 0.25) is 0 Å². The van der Waals surface area contributed by atoms with Gasteiger partial charge in [0.05, 0.1) is 30.8 Å². The molecule has 0 unspecified atom stereocenters. The van der Waals surface area contributed by atoms with Gasteiger partial charge in [-0.05, 0) is 80.4 Å². The molecule has 0 aliphatic rings. The first-order valence-corrected chi connectivity index (χ1v) is 13.7. The maximum Gasteiger partial charge on any atom is 0.435 e. The van der Waals surface area contributed by atoms with Crippen LogP contribution in [0.4, 0.5) is 13.2 Å². The molecule has 0 amide bonds. The molecule has 0 atom stereocenters. The molecular weight excluding hydrogens is 514 g/mol. The van der Waals surface area contributed by atoms with Crippen LogP contribution in [0.15, 0.2) is 71.6 Å². The molecule has 3 rings (SSSR count). The van der Waals surface area contributed by atoms with Crippen LogP contribution in [-0.2, 0) is 19.8 Å². The number of allylic oxidation sites excluding steroid dienone is 1. The highest BCUT2D eigenvalue weighted by Gasteiger charge is 2.35. The molecule has 194 valence electrons. The van der Waals surface area contributed by atoms with E-state index in [-0.39, 0.29) is 31.7 Å². The van der Waals surface area contributed by atoms with Gasteiger partial charge >= 0.3 is 13.8 Å². The number of rotatable bonds is 12. The predicted molar refractivity (Wildman–Crippen MR) is 134 cm³/mol. The van der Waals surface area contributed by atoms with Crippen molar-refractivity contribution in [3.63, 3.8) is 0 Å². The molecule has 3 aromatic rings. The summed E-state index contributed by atoms with van der Waals surface area (Å²) in [5.41, 5.74) is 0.300. The number of ether oxygens (including phenoxy) is 1. The number of aromatic nitrogens is 2. The van der Waals surface area contributed by atoms with Gasteiger partial charge in [0.25, 0.3) is 0 Å². The van der Waals surface area contributed by atoms with Gasteiger partial charge < -0.3 is 13.8 Å². The normalized spacial score (nSPS) is 12.4. The summed E-state index contributed by atoms with van der Waals surface area (Å²) in [6.45, 7) is 4.27. The van der Waals surface area contributed by atoms with Crippen molar-refractivity contribution in [3.05, 3.63) is 72.4 Å². The summed E-state index contributed by atoms with van der Waals surface area (Å²) in [4.78, 5) is 0.776. The zero-order valence-electron chi connectivity index (χ0n) is 19.8. The van der Waals surface area contributed by atoms with Crippen LogP contribution >= 0.6 is 19.5 Å². The van der Waals surface area contributed by atoms with Crippen molar-refractivity contribution >= 4 is 19.5 Å². The van der Waals surface area contributed by atoms with Gasteiger partial charge in [-0.3, -0.25) is 9.70 Å². The highest BCUT2D eigenvalue weighted by atomic mass is 32.2. The van der Waals surface area contributed by atoms with Crippen molar-refractivity contribution < 1.29 is 31.5 Å². The lowest BCUT2D eigenvalue weighted by Crippen LogP contribution is -2.07. The van der Waals surface area contributed by atoms with Gasteiger partial charge in [0.15, 0.2) is 5.69 Å². The van der Waals surface area contributed by atoms with Crippen LogP contribution in [0.5, 0.6) is 5.75 Å². The number of benzene rings is 2. The second kappa shape index (κ2) is 12.6. The fraction of sp³-hybridized carbons (Fsp3) is 0.292. The Labute approximate surface area is 212 Å². The molecule has 2 aromatic carbocycles. The molecule has 2 N–H and O–H groups in total. The van der Waals surface area contributed by atoms with E-state index in [0.29, 0.717) is 17.0 Å². The molecule has 0 spiro atoms. The fourth-order valence-electron chi connectivity index (χ4n) is 3.26. The summed E-state index contributed by atoms with van der Waals surface area (Å²) in [5.74, 6) is 0.521. The predicted octanol–water partition coefficient (Wildman–Crippen LogP) is 6.73. The minimum absolute atomic E-state index is 0.132. The molecule has 36 heavy (non-hydrogen) atoms. The lowest BCUT2D eigenvalue weighted by Gasteiger charge is -2.14. The number of nitrogens with two attached hydrogens (primary N) is 1. The molecule has 0 aliphatic carbocycles. The van der Waals surface area contributed by atoms with E-state index in [2.05, 4.69) is 5.10 Å². The summed E-state index contributed by atoms with van der Waals surface area (Å²) in [6, 6.07) is 14.4. The Balaban J connectivity index is 1.73. The van der Waals surface area contributed by atoms with E-state index in [4.69, 9.17) is 18.9 Å². The van der Waals surface area contributed by atoms with E-state index in [9.17, 15) is 17.7 Å². The van der Waals surface area contributed by atoms with E-state index < -0.39 is 19.5 Å². The molecule has 12 heteroatoms. The summed E-state index contributed by atoms with van der Waals surface area (Å²) in [5, 5.41) is 9.33. The van der Waals surface area contributed by atoms with Crippen molar-refractivity contribution in [2.24, 2.45) is 5.14 Å². The Bertz CT molecular complexity index is 1190. The van der Waals surface area contributed by atoms with Crippen LogP contribution < -0.4 is 9.88 Å². The Morgan fingerprint density at radius 2 is 1.67 bits per heavy atom. The second-order valence-corrected chi connectivity index (χ2v) is 10.2. The van der Waals surface area contributed by atoms with Gasteiger partial charge in [0.1, 0.15) is 12.4 Å². The fourth-order valence-corrected chi connectivity index (χ4v) is 5.03. The molecule has 1 aromatic heterocycles. The Hall–Kier alpha value is -2.56. The number of hydrogen-bond acceptors (Lipinski definition) is 7. The van der Waals surface area contributed by atoms with E-state index >= 15 is 0 Å². The van der Waals surface area contributed by atoms with Gasteiger partial charge in [-0.1, -0.05) is 12.2 Å². The highest BCUT2D eigenvalue weighted by Crippen LogP contribution is 2.47. The van der Waals surface area contributed by atoms with Gasteiger partial charge in [-0.15, -0.1) is 0 Å². The third-order valence-electron chi connectivity index (χ3n) is 4.86. The third kappa shape index (κ3) is 7.47. The van der Waals surface area contributed by atoms with E-state index in [0.717, 1.165) is 22.9 Å². The number of halogens is 3. The van der Waals surface area contributed by atoms with Crippen molar-refractivity contribution in [3.8, 4) is 22.7 Å². The Morgan fingerprint density at radius 1 is 1.03 bits per heavy atom. The topological polar surface area (TPSA) is 88.6 Å². The van der Waals surface area contributed by atoms with E-state index in [1.165, 1.54) is 4.68 Å². The van der Waals surface area contributed by atoms with E-state index in [1.807, 2.05) is 0 Å². The molecule has 0 bridgehead atoms. The minimum Gasteiger partial charge on any atom is -0.490 e. The second-order valence-electron chi connectivity index (χ2n) is 7.37. The maximum atomic E-state index is 13.4. The van der Waals surface area contributed by atoms with Crippen LogP contribution in [0.3, 0.4) is 0 Å². The van der Waals surface area contributed by atoms with Crippen molar-refractivity contribution in [2.75, 3.05) is 26.0 Å². The quantitative estimate of drug-likeness (QED) is 0.155. The monoisotopic (exact) mass is 541 g/mol. The average Bonchev–Trinajstić information content (AvgIpc) is 3.31. The lowest BCUT2D eigenvalue weighted by atomic mass is 10.1. The van der Waals surface area contributed by atoms with Crippen molar-refractivity contribution in [2.45, 2.75) is 24.9 Å². The smallest absolute Gasteiger partial charge is 0.435 e. The van der Waals surface area contributed by atoms with Gasteiger partial charge in [-0.25, -0.2) is 4.68 Å². The molecule has 0 saturated heterocycles. The van der Waals surface area contributed by atoms with Crippen LogP contribution in [0.2, 0.25) is 0 Å². The van der Waals surface area contributed by atoms with Crippen LogP contribution in [0.1, 0.15) is 19.5 Å². The highest BCUT2D eigenvalue weighted by molar-refractivity contribution is 7.97. The van der Waals surface area contributed by atoms with Crippen molar-refractivity contribution in [1.82, 2.24) is 9.78 Å². The SMILES string of the molecule is CCOP(=O)(C/C=C/COc1ccc(-c2cc(C(F)(F)F)nn2-c2ccc(SN)cc2)cc1)OCC. The average molecular weight is 542 g/mol. The molecular formula is C24H27F3N3O4PS. The molecule has 0 radical (unpaired) electrons. The van der Waals surface area contributed by atoms with Gasteiger partial charge in [-0.2, -0.15) is 18.3 Å². The van der Waals surface area contributed by atoms with E-state index in [1.54, 1.807) is 74.5 Å². The zero-order chi connectivity index (χ0) is 26.2. The summed E-state index contributed by atoms with van der Waals surface area (Å²) in [7, 11) is -3.16. The maximum absolute atomic E-state index is 13.4. The standard InChI is InChI=1S/C24H27F3N3O4PS/c1-3-33-35(31,34-4-2)16-6-5-15-32-20-11-7-18(8-12-20)22-17-23(24(25,26)27)29-30(22)19-9-13-21(36-28)14-10-19/h5-14,17H,3-4,15-16,28H2,1-2H3/b6-5+. The van der Waals surface area contributed by atoms with Crippen LogP contribution in [-0.4, -0.2) is 35.8 Å². The first-order valence-electron chi connectivity index (χ1n) is 11.1. The minimum atomic E-state index is -4.59. The van der Waals surface area contributed by atoms with Gasteiger partial charge in [0, 0.05) is 10.5 Å². The molecule has 0 fully saturated rings. The summed E-state index contributed by atoms with van der Waals surface area (Å²) >= 11 is 1.04.